The Bertz CT molecular complexity index is 674. The van der Waals surface area contributed by atoms with Gasteiger partial charge >= 0.3 is 0 Å². The quantitative estimate of drug-likeness (QED) is 0.884. The normalized spacial score (nSPS) is 22.2. The van der Waals surface area contributed by atoms with E-state index in [0.717, 1.165) is 31.4 Å². The lowest BCUT2D eigenvalue weighted by molar-refractivity contribution is 0.0481. The number of anilines is 2. The number of ether oxygens (including phenoxy) is 1. The van der Waals surface area contributed by atoms with Crippen LogP contribution in [0.3, 0.4) is 0 Å². The second-order valence-corrected chi connectivity index (χ2v) is 7.20. The number of likely N-dealkylation sites (tertiary alicyclic amines) is 1. The Labute approximate surface area is 154 Å². The molecule has 2 saturated heterocycles. The van der Waals surface area contributed by atoms with Gasteiger partial charge in [-0.25, -0.2) is 9.97 Å². The standard InChI is InChI=1S/C19H26N6O/c1-2-16(14-25(7-1)13-15-3-8-26-9-4-15)17-10-23-19(12-22-17)24-18-11-20-5-6-21-18/h5-6,10-12,15-16H,1-4,7-9,13-14H2,(H,21,23,24). The fourth-order valence-corrected chi connectivity index (χ4v) is 3.87. The molecule has 1 unspecified atom stereocenters. The highest BCUT2D eigenvalue weighted by molar-refractivity contribution is 5.48. The topological polar surface area (TPSA) is 76.1 Å². The third-order valence-corrected chi connectivity index (χ3v) is 5.27. The van der Waals surface area contributed by atoms with Crippen molar-refractivity contribution >= 4 is 11.6 Å². The number of hydrogen-bond acceptors (Lipinski definition) is 7. The van der Waals surface area contributed by atoms with E-state index in [1.165, 1.54) is 38.8 Å². The van der Waals surface area contributed by atoms with Crippen molar-refractivity contribution in [2.24, 2.45) is 5.92 Å². The fourth-order valence-electron chi connectivity index (χ4n) is 3.87. The zero-order valence-electron chi connectivity index (χ0n) is 15.0. The van der Waals surface area contributed by atoms with E-state index < -0.39 is 0 Å². The summed E-state index contributed by atoms with van der Waals surface area (Å²) in [6, 6.07) is 0. The molecule has 0 saturated carbocycles. The Balaban J connectivity index is 1.34. The van der Waals surface area contributed by atoms with Crippen molar-refractivity contribution in [2.75, 3.05) is 38.2 Å². The van der Waals surface area contributed by atoms with Gasteiger partial charge in [0.25, 0.3) is 0 Å². The number of rotatable bonds is 5. The summed E-state index contributed by atoms with van der Waals surface area (Å²) in [5, 5.41) is 3.13. The molecule has 0 aromatic carbocycles. The van der Waals surface area contributed by atoms with Crippen LogP contribution in [-0.2, 0) is 4.74 Å². The van der Waals surface area contributed by atoms with Crippen LogP contribution in [-0.4, -0.2) is 57.7 Å². The molecule has 0 spiro atoms. The van der Waals surface area contributed by atoms with E-state index in [1.807, 2.05) is 6.20 Å². The molecule has 0 amide bonds. The molecule has 2 fully saturated rings. The van der Waals surface area contributed by atoms with E-state index in [9.17, 15) is 0 Å². The lowest BCUT2D eigenvalue weighted by Crippen LogP contribution is -2.39. The molecule has 0 bridgehead atoms. The average Bonchev–Trinajstić information content (AvgIpc) is 2.70. The first kappa shape index (κ1) is 17.3. The summed E-state index contributed by atoms with van der Waals surface area (Å²) < 4.78 is 5.48. The molecule has 0 aliphatic carbocycles. The van der Waals surface area contributed by atoms with Gasteiger partial charge in [-0.3, -0.25) is 9.97 Å². The van der Waals surface area contributed by atoms with Gasteiger partial charge in [0.1, 0.15) is 11.6 Å². The van der Waals surface area contributed by atoms with Gasteiger partial charge in [0.15, 0.2) is 0 Å². The van der Waals surface area contributed by atoms with E-state index in [2.05, 4.69) is 30.2 Å². The highest BCUT2D eigenvalue weighted by Crippen LogP contribution is 2.27. The number of piperidine rings is 1. The van der Waals surface area contributed by atoms with Gasteiger partial charge in [0, 0.05) is 44.6 Å². The van der Waals surface area contributed by atoms with Crippen molar-refractivity contribution in [2.45, 2.75) is 31.6 Å². The van der Waals surface area contributed by atoms with Crippen LogP contribution in [0.1, 0.15) is 37.3 Å². The summed E-state index contributed by atoms with van der Waals surface area (Å²) in [4.78, 5) is 20.0. The molecule has 4 rings (SSSR count). The van der Waals surface area contributed by atoms with Gasteiger partial charge in [-0.2, -0.15) is 0 Å². The van der Waals surface area contributed by atoms with Crippen molar-refractivity contribution in [1.82, 2.24) is 24.8 Å². The van der Waals surface area contributed by atoms with Crippen LogP contribution < -0.4 is 5.32 Å². The summed E-state index contributed by atoms with van der Waals surface area (Å²) >= 11 is 0. The summed E-state index contributed by atoms with van der Waals surface area (Å²) in [5.41, 5.74) is 1.09. The van der Waals surface area contributed by atoms with E-state index in [4.69, 9.17) is 4.74 Å². The Kier molecular flexibility index (Phi) is 5.66. The average molecular weight is 354 g/mol. The third kappa shape index (κ3) is 4.53. The zero-order valence-corrected chi connectivity index (χ0v) is 15.0. The van der Waals surface area contributed by atoms with Gasteiger partial charge in [-0.05, 0) is 38.1 Å². The van der Waals surface area contributed by atoms with E-state index in [0.29, 0.717) is 17.6 Å². The minimum atomic E-state index is 0.474. The first-order chi connectivity index (χ1) is 12.9. The van der Waals surface area contributed by atoms with E-state index >= 15 is 0 Å². The Morgan fingerprint density at radius 1 is 1.00 bits per heavy atom. The maximum atomic E-state index is 5.48. The van der Waals surface area contributed by atoms with Gasteiger partial charge in [-0.1, -0.05) is 0 Å². The van der Waals surface area contributed by atoms with E-state index in [-0.39, 0.29) is 0 Å². The summed E-state index contributed by atoms with van der Waals surface area (Å²) in [6.07, 6.45) is 13.5. The van der Waals surface area contributed by atoms with Gasteiger partial charge < -0.3 is 15.0 Å². The molecule has 2 aliphatic heterocycles. The smallest absolute Gasteiger partial charge is 0.150 e. The highest BCUT2D eigenvalue weighted by atomic mass is 16.5. The first-order valence-corrected chi connectivity index (χ1v) is 9.52. The highest BCUT2D eigenvalue weighted by Gasteiger charge is 2.25. The second kappa shape index (κ2) is 8.51. The van der Waals surface area contributed by atoms with Crippen LogP contribution in [0.25, 0.3) is 0 Å². The SMILES string of the molecule is c1cnc(Nc2cnc(C3CCCN(CC4CCOCC4)C3)cn2)cn1. The molecule has 138 valence electrons. The zero-order chi connectivity index (χ0) is 17.6. The molecule has 1 atom stereocenters. The molecule has 4 heterocycles. The van der Waals surface area contributed by atoms with Crippen molar-refractivity contribution in [3.8, 4) is 0 Å². The lowest BCUT2D eigenvalue weighted by atomic mass is 9.92. The number of hydrogen-bond donors (Lipinski definition) is 1. The molecule has 2 aromatic heterocycles. The molecular formula is C19H26N6O. The van der Waals surface area contributed by atoms with E-state index in [1.54, 1.807) is 24.8 Å². The van der Waals surface area contributed by atoms with Gasteiger partial charge in [-0.15, -0.1) is 0 Å². The Hall–Kier alpha value is -2.12. The van der Waals surface area contributed by atoms with Crippen LogP contribution >= 0.6 is 0 Å². The van der Waals surface area contributed by atoms with Crippen molar-refractivity contribution in [3.05, 3.63) is 36.7 Å². The molecule has 26 heavy (non-hydrogen) atoms. The molecule has 2 aromatic rings. The minimum absolute atomic E-state index is 0.474. The molecule has 2 aliphatic rings. The van der Waals surface area contributed by atoms with Crippen LogP contribution in [0.2, 0.25) is 0 Å². The summed E-state index contributed by atoms with van der Waals surface area (Å²) in [6.45, 7) is 5.33. The van der Waals surface area contributed by atoms with Gasteiger partial charge in [0.05, 0.1) is 24.3 Å². The molecule has 7 nitrogen and oxygen atoms in total. The molecule has 0 radical (unpaired) electrons. The summed E-state index contributed by atoms with van der Waals surface area (Å²) in [7, 11) is 0. The molecule has 1 N–H and O–H groups in total. The van der Waals surface area contributed by atoms with Crippen LogP contribution in [0.15, 0.2) is 31.0 Å². The van der Waals surface area contributed by atoms with Crippen molar-refractivity contribution < 1.29 is 4.74 Å². The maximum Gasteiger partial charge on any atom is 0.150 e. The second-order valence-electron chi connectivity index (χ2n) is 7.20. The Morgan fingerprint density at radius 2 is 1.88 bits per heavy atom. The predicted molar refractivity (Wildman–Crippen MR) is 99.3 cm³/mol. The minimum Gasteiger partial charge on any atom is -0.381 e. The summed E-state index contributed by atoms with van der Waals surface area (Å²) in [5.74, 6) is 2.63. The number of nitrogens with one attached hydrogen (secondary N) is 1. The molecular weight excluding hydrogens is 328 g/mol. The predicted octanol–water partition coefficient (Wildman–Crippen LogP) is 2.62. The van der Waals surface area contributed by atoms with Crippen molar-refractivity contribution in [3.63, 3.8) is 0 Å². The fraction of sp³-hybridized carbons (Fsp3) is 0.579. The monoisotopic (exact) mass is 354 g/mol. The largest absolute Gasteiger partial charge is 0.381 e. The first-order valence-electron chi connectivity index (χ1n) is 9.52. The third-order valence-electron chi connectivity index (χ3n) is 5.27. The lowest BCUT2D eigenvalue weighted by Gasteiger charge is -2.35. The van der Waals surface area contributed by atoms with Gasteiger partial charge in [0.2, 0.25) is 0 Å². The van der Waals surface area contributed by atoms with Crippen LogP contribution in [0.5, 0.6) is 0 Å². The molecule has 7 heteroatoms. The number of aromatic nitrogens is 4. The van der Waals surface area contributed by atoms with Crippen LogP contribution in [0, 0.1) is 5.92 Å². The van der Waals surface area contributed by atoms with Crippen LogP contribution in [0.4, 0.5) is 11.6 Å². The Morgan fingerprint density at radius 3 is 2.65 bits per heavy atom. The van der Waals surface area contributed by atoms with Crippen molar-refractivity contribution in [1.29, 1.82) is 0 Å². The maximum absolute atomic E-state index is 5.48. The number of nitrogens with zero attached hydrogens (tertiary/aromatic N) is 5.